The zero-order valence-electron chi connectivity index (χ0n) is 16.8. The van der Waals surface area contributed by atoms with Crippen LogP contribution in [0.1, 0.15) is 47.3 Å². The Morgan fingerprint density at radius 3 is 2.52 bits per heavy atom. The van der Waals surface area contributed by atoms with Gasteiger partial charge in [0.2, 0.25) is 5.95 Å². The molecule has 0 radical (unpaired) electrons. The Kier molecular flexibility index (Phi) is 4.63. The van der Waals surface area contributed by atoms with Gasteiger partial charge in [-0.2, -0.15) is 0 Å². The molecule has 0 atom stereocenters. The molecule has 148 valence electrons. The second kappa shape index (κ2) is 7.30. The Morgan fingerprint density at radius 2 is 1.72 bits per heavy atom. The Morgan fingerprint density at radius 1 is 0.897 bits per heavy atom. The molecule has 0 N–H and O–H groups in total. The Labute approximate surface area is 176 Å². The van der Waals surface area contributed by atoms with Crippen LogP contribution in [0.3, 0.4) is 0 Å². The fourth-order valence-corrected chi connectivity index (χ4v) is 4.39. The van der Waals surface area contributed by atoms with Crippen molar-refractivity contribution < 1.29 is 0 Å². The van der Waals surface area contributed by atoms with E-state index in [1.54, 1.807) is 0 Å². The molecule has 0 unspecified atom stereocenters. The lowest BCUT2D eigenvalue weighted by Crippen LogP contribution is -2.32. The van der Waals surface area contributed by atoms with Crippen LogP contribution in [0.25, 0.3) is 5.69 Å². The molecule has 3 aromatic rings. The van der Waals surface area contributed by atoms with Gasteiger partial charge in [-0.3, -0.25) is 9.56 Å². The smallest absolute Gasteiger partial charge is 0.231 e. The maximum Gasteiger partial charge on any atom is 0.231 e. The summed E-state index contributed by atoms with van der Waals surface area (Å²) in [5, 5.41) is 9.75. The number of aromatic nitrogens is 3. The Hall–Kier alpha value is -2.66. The number of benzene rings is 2. The van der Waals surface area contributed by atoms with Crippen molar-refractivity contribution in [3.05, 3.63) is 69.5 Å². The minimum absolute atomic E-state index is 0.495. The highest BCUT2D eigenvalue weighted by Gasteiger charge is 2.26. The van der Waals surface area contributed by atoms with Crippen LogP contribution in [-0.2, 0) is 6.54 Å². The van der Waals surface area contributed by atoms with E-state index in [2.05, 4.69) is 57.8 Å². The summed E-state index contributed by atoms with van der Waals surface area (Å²) >= 11 is 6.42. The van der Waals surface area contributed by atoms with E-state index in [1.807, 2.05) is 12.1 Å². The van der Waals surface area contributed by atoms with Gasteiger partial charge in [0.15, 0.2) is 5.82 Å². The van der Waals surface area contributed by atoms with Crippen molar-refractivity contribution in [3.63, 3.8) is 0 Å². The molecule has 5 rings (SSSR count). The van der Waals surface area contributed by atoms with Crippen molar-refractivity contribution in [3.8, 4) is 5.69 Å². The lowest BCUT2D eigenvalue weighted by atomic mass is 9.97. The molecule has 1 fully saturated rings. The topological polar surface area (TPSA) is 46.3 Å². The Balaban J connectivity index is 1.68. The number of hydrogen-bond donors (Lipinski definition) is 0. The van der Waals surface area contributed by atoms with E-state index in [-0.39, 0.29) is 0 Å². The van der Waals surface area contributed by atoms with E-state index in [4.69, 9.17) is 16.6 Å². The van der Waals surface area contributed by atoms with Gasteiger partial charge in [0, 0.05) is 29.2 Å². The first-order valence-electron chi connectivity index (χ1n) is 10.2. The Bertz CT molecular complexity index is 1110. The number of nitrogens with zero attached hydrogens (tertiary/aromatic N) is 5. The molecule has 2 aliphatic heterocycles. The van der Waals surface area contributed by atoms with Gasteiger partial charge in [-0.1, -0.05) is 23.7 Å². The first kappa shape index (κ1) is 18.4. The molecule has 1 saturated heterocycles. The highest BCUT2D eigenvalue weighted by molar-refractivity contribution is 6.31. The van der Waals surface area contributed by atoms with Gasteiger partial charge >= 0.3 is 0 Å². The summed E-state index contributed by atoms with van der Waals surface area (Å²) in [5.41, 5.74) is 6.67. The van der Waals surface area contributed by atoms with Crippen LogP contribution >= 0.6 is 11.6 Å². The molecule has 2 aliphatic rings. The summed E-state index contributed by atoms with van der Waals surface area (Å²) in [4.78, 5) is 7.31. The van der Waals surface area contributed by atoms with Crippen LogP contribution in [0, 0.1) is 13.8 Å². The molecule has 0 bridgehead atoms. The number of anilines is 1. The number of halogens is 1. The van der Waals surface area contributed by atoms with Crippen LogP contribution in [0.15, 0.2) is 41.4 Å². The highest BCUT2D eigenvalue weighted by atomic mass is 35.5. The second-order valence-corrected chi connectivity index (χ2v) is 8.36. The van der Waals surface area contributed by atoms with E-state index in [0.29, 0.717) is 11.6 Å². The lowest BCUT2D eigenvalue weighted by Gasteiger charge is -2.28. The van der Waals surface area contributed by atoms with Crippen LogP contribution < -0.4 is 4.90 Å². The molecular weight excluding hydrogens is 382 g/mol. The van der Waals surface area contributed by atoms with E-state index in [9.17, 15) is 0 Å². The summed E-state index contributed by atoms with van der Waals surface area (Å²) in [5.74, 6) is 1.78. The van der Waals surface area contributed by atoms with Crippen LogP contribution in [0.4, 0.5) is 5.95 Å². The fourth-order valence-electron chi connectivity index (χ4n) is 4.22. The maximum atomic E-state index is 6.42. The maximum absolute atomic E-state index is 6.42. The number of aliphatic imine (C=N–C) groups is 1. The van der Waals surface area contributed by atoms with Gasteiger partial charge in [-0.05, 0) is 68.5 Å². The third-order valence-corrected chi connectivity index (χ3v) is 6.20. The number of hydrogen-bond acceptors (Lipinski definition) is 4. The van der Waals surface area contributed by atoms with Gasteiger partial charge in [0.25, 0.3) is 0 Å². The van der Waals surface area contributed by atoms with Gasteiger partial charge in [0.05, 0.1) is 11.4 Å². The summed E-state index contributed by atoms with van der Waals surface area (Å²) in [6, 6.07) is 12.5. The van der Waals surface area contributed by atoms with Crippen molar-refractivity contribution in [1.29, 1.82) is 0 Å². The van der Waals surface area contributed by atoms with Crippen molar-refractivity contribution in [2.24, 2.45) is 4.99 Å². The van der Waals surface area contributed by atoms with Gasteiger partial charge < -0.3 is 4.90 Å². The predicted molar refractivity (Wildman–Crippen MR) is 118 cm³/mol. The molecule has 1 aromatic heterocycles. The summed E-state index contributed by atoms with van der Waals surface area (Å²) < 4.78 is 2.18. The second-order valence-electron chi connectivity index (χ2n) is 7.92. The molecule has 0 aliphatic carbocycles. The molecule has 6 heteroatoms. The quantitative estimate of drug-likeness (QED) is 0.610. The van der Waals surface area contributed by atoms with Crippen LogP contribution in [-0.4, -0.2) is 33.6 Å². The van der Waals surface area contributed by atoms with Crippen molar-refractivity contribution >= 4 is 23.3 Å². The van der Waals surface area contributed by atoms with E-state index in [1.165, 1.54) is 30.4 Å². The monoisotopic (exact) mass is 405 g/mol. The molecular formula is C23H24ClN5. The molecule has 5 nitrogen and oxygen atoms in total. The summed E-state index contributed by atoms with van der Waals surface area (Å²) in [7, 11) is 0. The summed E-state index contributed by atoms with van der Waals surface area (Å²) in [6.45, 7) is 6.80. The first-order valence-corrected chi connectivity index (χ1v) is 10.6. The van der Waals surface area contributed by atoms with E-state index < -0.39 is 0 Å². The predicted octanol–water partition coefficient (Wildman–Crippen LogP) is 4.88. The van der Waals surface area contributed by atoms with Crippen LogP contribution in [0.5, 0.6) is 0 Å². The molecule has 0 amide bonds. The minimum Gasteiger partial charge on any atom is -0.341 e. The molecule has 0 spiro atoms. The standard InChI is InChI=1S/C23H24ClN5/c1-15-6-7-17(12-16(15)2)22-19-13-18(24)8-9-20(19)29-21(14-25-22)26-27-23(29)28-10-4-3-5-11-28/h6-9,12-13H,3-5,10-11,14H2,1-2H3. The van der Waals surface area contributed by atoms with Crippen LogP contribution in [0.2, 0.25) is 5.02 Å². The summed E-state index contributed by atoms with van der Waals surface area (Å²) in [6.07, 6.45) is 3.67. The zero-order chi connectivity index (χ0) is 20.0. The third-order valence-electron chi connectivity index (χ3n) is 5.97. The zero-order valence-corrected chi connectivity index (χ0v) is 17.6. The van der Waals surface area contributed by atoms with Gasteiger partial charge in [-0.25, -0.2) is 0 Å². The number of aryl methyl sites for hydroxylation is 2. The largest absolute Gasteiger partial charge is 0.341 e. The first-order chi connectivity index (χ1) is 14.1. The van der Waals surface area contributed by atoms with Crippen molar-refractivity contribution in [2.75, 3.05) is 18.0 Å². The normalized spacial score (nSPS) is 16.1. The SMILES string of the molecule is Cc1ccc(C2=NCc3nnc(N4CCCCC4)n3-c3ccc(Cl)cc32)cc1C. The third kappa shape index (κ3) is 3.23. The highest BCUT2D eigenvalue weighted by Crippen LogP contribution is 2.31. The average molecular weight is 406 g/mol. The minimum atomic E-state index is 0.495. The van der Waals surface area contributed by atoms with E-state index in [0.717, 1.165) is 47.4 Å². The molecule has 3 heterocycles. The number of rotatable bonds is 2. The van der Waals surface area contributed by atoms with E-state index >= 15 is 0 Å². The number of piperidine rings is 1. The number of fused-ring (bicyclic) bond motifs is 3. The average Bonchev–Trinajstić information content (AvgIpc) is 3.08. The fraction of sp³-hybridized carbons (Fsp3) is 0.348. The van der Waals surface area contributed by atoms with Crippen molar-refractivity contribution in [1.82, 2.24) is 14.8 Å². The molecule has 2 aromatic carbocycles. The molecule has 29 heavy (non-hydrogen) atoms. The van der Waals surface area contributed by atoms with Gasteiger partial charge in [-0.15, -0.1) is 10.2 Å². The molecule has 0 saturated carbocycles. The lowest BCUT2D eigenvalue weighted by molar-refractivity contribution is 0.565. The van der Waals surface area contributed by atoms with Gasteiger partial charge in [0.1, 0.15) is 6.54 Å². The van der Waals surface area contributed by atoms with Crippen molar-refractivity contribution in [2.45, 2.75) is 39.7 Å².